The molecule has 0 saturated carbocycles. The van der Waals surface area contributed by atoms with E-state index in [1.54, 1.807) is 6.08 Å². The molecule has 0 spiro atoms. The molecule has 0 aromatic heterocycles. The number of nitrogens with zero attached hydrogens (tertiary/aromatic N) is 1. The van der Waals surface area contributed by atoms with E-state index in [4.69, 9.17) is 4.74 Å². The summed E-state index contributed by atoms with van der Waals surface area (Å²) >= 11 is 0. The van der Waals surface area contributed by atoms with Crippen LogP contribution in [0.4, 0.5) is 0 Å². The van der Waals surface area contributed by atoms with Crippen molar-refractivity contribution in [1.29, 1.82) is 0 Å². The average molecular weight is 350 g/mol. The summed E-state index contributed by atoms with van der Waals surface area (Å²) < 4.78 is 5.94. The zero-order chi connectivity index (χ0) is 18.0. The summed E-state index contributed by atoms with van der Waals surface area (Å²) in [5.41, 5.74) is 2.00. The maximum atomic E-state index is 12.0. The number of likely N-dealkylation sites (tertiary alicyclic amines) is 1. The van der Waals surface area contributed by atoms with Gasteiger partial charge < -0.3 is 10.1 Å². The Kier molecular flexibility index (Phi) is 6.85. The molecular weight excluding hydrogens is 324 g/mol. The number of para-hydroxylation sites is 1. The molecular formula is C22H26N2O2. The lowest BCUT2D eigenvalue weighted by atomic mass is 10.2. The maximum Gasteiger partial charge on any atom is 0.244 e. The molecule has 0 aliphatic carbocycles. The van der Waals surface area contributed by atoms with Gasteiger partial charge in [-0.3, -0.25) is 9.69 Å². The first-order chi connectivity index (χ1) is 12.8. The second-order valence-corrected chi connectivity index (χ2v) is 6.47. The van der Waals surface area contributed by atoms with Crippen LogP contribution in [0.1, 0.15) is 24.0 Å². The predicted octanol–water partition coefficient (Wildman–Crippen LogP) is 3.49. The van der Waals surface area contributed by atoms with Crippen LogP contribution in [0.5, 0.6) is 5.75 Å². The molecule has 4 heteroatoms. The molecule has 2 aromatic rings. The lowest BCUT2D eigenvalue weighted by molar-refractivity contribution is -0.116. The summed E-state index contributed by atoms with van der Waals surface area (Å²) in [6, 6.07) is 17.7. The number of carbonyl (C=O) groups excluding carboxylic acids is 1. The van der Waals surface area contributed by atoms with Crippen molar-refractivity contribution in [3.05, 3.63) is 71.8 Å². The van der Waals surface area contributed by atoms with E-state index in [2.05, 4.69) is 10.2 Å². The van der Waals surface area contributed by atoms with Crippen LogP contribution in [0.3, 0.4) is 0 Å². The van der Waals surface area contributed by atoms with Crippen LogP contribution in [0, 0.1) is 0 Å². The number of nitrogens with one attached hydrogen (secondary N) is 1. The molecule has 0 unspecified atom stereocenters. The molecule has 1 saturated heterocycles. The Bertz CT molecular complexity index is 722. The Hall–Kier alpha value is -2.59. The van der Waals surface area contributed by atoms with Gasteiger partial charge in [-0.2, -0.15) is 0 Å². The minimum absolute atomic E-state index is 0.110. The Morgan fingerprint density at radius 3 is 2.58 bits per heavy atom. The number of hydrogen-bond donors (Lipinski definition) is 1. The quantitative estimate of drug-likeness (QED) is 0.741. The smallest absolute Gasteiger partial charge is 0.244 e. The van der Waals surface area contributed by atoms with Crippen LogP contribution < -0.4 is 10.1 Å². The molecule has 1 aliphatic rings. The fourth-order valence-electron chi connectivity index (χ4n) is 3.05. The van der Waals surface area contributed by atoms with Gasteiger partial charge in [-0.15, -0.1) is 0 Å². The van der Waals surface area contributed by atoms with Gasteiger partial charge in [-0.25, -0.2) is 0 Å². The van der Waals surface area contributed by atoms with E-state index in [9.17, 15) is 4.79 Å². The molecule has 1 amide bonds. The van der Waals surface area contributed by atoms with Crippen molar-refractivity contribution in [2.24, 2.45) is 0 Å². The summed E-state index contributed by atoms with van der Waals surface area (Å²) in [5.74, 6) is 0.708. The number of ether oxygens (including phenoxy) is 1. The first-order valence-corrected chi connectivity index (χ1v) is 9.25. The lowest BCUT2D eigenvalue weighted by Crippen LogP contribution is -2.25. The highest BCUT2D eigenvalue weighted by atomic mass is 16.5. The number of rotatable bonds is 8. The van der Waals surface area contributed by atoms with Crippen molar-refractivity contribution in [2.45, 2.75) is 19.4 Å². The molecule has 0 radical (unpaired) electrons. The summed E-state index contributed by atoms with van der Waals surface area (Å²) in [4.78, 5) is 14.5. The predicted molar refractivity (Wildman–Crippen MR) is 105 cm³/mol. The topological polar surface area (TPSA) is 41.6 Å². The molecule has 1 N–H and O–H groups in total. The minimum atomic E-state index is -0.110. The standard InChI is InChI=1S/C22H26N2O2/c25-22(23-18-19-8-2-1-3-9-19)13-12-20-10-4-5-11-21(20)26-17-16-24-14-6-7-15-24/h1-5,8-13H,6-7,14-18H2,(H,23,25). The molecule has 1 fully saturated rings. The van der Waals surface area contributed by atoms with Gasteiger partial charge >= 0.3 is 0 Å². The van der Waals surface area contributed by atoms with E-state index in [-0.39, 0.29) is 5.91 Å². The molecule has 0 atom stereocenters. The SMILES string of the molecule is O=C(C=Cc1ccccc1OCCN1CCCC1)NCc1ccccc1. The summed E-state index contributed by atoms with van der Waals surface area (Å²) in [5, 5.41) is 2.90. The number of carbonyl (C=O) groups is 1. The molecule has 26 heavy (non-hydrogen) atoms. The highest BCUT2D eigenvalue weighted by Gasteiger charge is 2.11. The van der Waals surface area contributed by atoms with Crippen LogP contribution in [-0.2, 0) is 11.3 Å². The molecule has 2 aromatic carbocycles. The molecule has 1 aliphatic heterocycles. The highest BCUT2D eigenvalue weighted by Crippen LogP contribution is 2.19. The highest BCUT2D eigenvalue weighted by molar-refractivity contribution is 5.92. The van der Waals surface area contributed by atoms with Crippen LogP contribution >= 0.6 is 0 Å². The lowest BCUT2D eigenvalue weighted by Gasteiger charge is -2.15. The molecule has 4 nitrogen and oxygen atoms in total. The Balaban J connectivity index is 1.49. The van der Waals surface area contributed by atoms with Gasteiger partial charge in [-0.05, 0) is 43.6 Å². The summed E-state index contributed by atoms with van der Waals surface area (Å²) in [7, 11) is 0. The Morgan fingerprint density at radius 1 is 1.04 bits per heavy atom. The van der Waals surface area contributed by atoms with E-state index in [1.165, 1.54) is 25.9 Å². The second kappa shape index (κ2) is 9.78. The van der Waals surface area contributed by atoms with Gasteiger partial charge in [0.1, 0.15) is 12.4 Å². The molecule has 136 valence electrons. The van der Waals surface area contributed by atoms with Crippen LogP contribution in [0.15, 0.2) is 60.7 Å². The summed E-state index contributed by atoms with van der Waals surface area (Å²) in [6.45, 7) is 4.50. The van der Waals surface area contributed by atoms with Crippen LogP contribution in [-0.4, -0.2) is 37.0 Å². The largest absolute Gasteiger partial charge is 0.492 e. The fraction of sp³-hybridized carbons (Fsp3) is 0.318. The number of amides is 1. The van der Waals surface area contributed by atoms with Gasteiger partial charge in [0.25, 0.3) is 0 Å². The second-order valence-electron chi connectivity index (χ2n) is 6.47. The van der Waals surface area contributed by atoms with Crippen molar-refractivity contribution >= 4 is 12.0 Å². The molecule has 0 bridgehead atoms. The van der Waals surface area contributed by atoms with E-state index in [0.29, 0.717) is 13.2 Å². The van der Waals surface area contributed by atoms with Gasteiger partial charge in [0, 0.05) is 24.7 Å². The zero-order valence-corrected chi connectivity index (χ0v) is 15.1. The van der Waals surface area contributed by atoms with E-state index in [0.717, 1.165) is 23.4 Å². The average Bonchev–Trinajstić information content (AvgIpc) is 3.20. The number of benzene rings is 2. The van der Waals surface area contributed by atoms with Crippen molar-refractivity contribution < 1.29 is 9.53 Å². The van der Waals surface area contributed by atoms with Crippen LogP contribution in [0.25, 0.3) is 6.08 Å². The fourth-order valence-corrected chi connectivity index (χ4v) is 3.05. The van der Waals surface area contributed by atoms with Crippen molar-refractivity contribution in [1.82, 2.24) is 10.2 Å². The van der Waals surface area contributed by atoms with Gasteiger partial charge in [0.05, 0.1) is 0 Å². The third kappa shape index (κ3) is 5.74. The zero-order valence-electron chi connectivity index (χ0n) is 15.1. The molecule has 1 heterocycles. The number of hydrogen-bond acceptors (Lipinski definition) is 3. The van der Waals surface area contributed by atoms with Crippen molar-refractivity contribution in [3.63, 3.8) is 0 Å². The van der Waals surface area contributed by atoms with E-state index < -0.39 is 0 Å². The summed E-state index contributed by atoms with van der Waals surface area (Å²) in [6.07, 6.45) is 5.95. The Morgan fingerprint density at radius 2 is 1.77 bits per heavy atom. The van der Waals surface area contributed by atoms with Gasteiger partial charge in [-0.1, -0.05) is 48.5 Å². The maximum absolute atomic E-state index is 12.0. The van der Waals surface area contributed by atoms with Gasteiger partial charge in [0.15, 0.2) is 0 Å². The minimum Gasteiger partial charge on any atom is -0.492 e. The van der Waals surface area contributed by atoms with E-state index >= 15 is 0 Å². The third-order valence-electron chi connectivity index (χ3n) is 4.51. The monoisotopic (exact) mass is 350 g/mol. The van der Waals surface area contributed by atoms with Crippen molar-refractivity contribution in [2.75, 3.05) is 26.2 Å². The normalized spacial score (nSPS) is 14.6. The van der Waals surface area contributed by atoms with Crippen LogP contribution in [0.2, 0.25) is 0 Å². The van der Waals surface area contributed by atoms with Gasteiger partial charge in [0.2, 0.25) is 5.91 Å². The molecule has 3 rings (SSSR count). The Labute approximate surface area is 155 Å². The van der Waals surface area contributed by atoms with Crippen molar-refractivity contribution in [3.8, 4) is 5.75 Å². The first kappa shape index (κ1) is 18.2. The van der Waals surface area contributed by atoms with E-state index in [1.807, 2.05) is 60.7 Å². The first-order valence-electron chi connectivity index (χ1n) is 9.25. The third-order valence-corrected chi connectivity index (χ3v) is 4.51.